The summed E-state index contributed by atoms with van der Waals surface area (Å²) < 4.78 is 21.6. The molecule has 5 heteroatoms. The lowest BCUT2D eigenvalue weighted by atomic mass is 9.79. The van der Waals surface area contributed by atoms with Gasteiger partial charge >= 0.3 is 0 Å². The van der Waals surface area contributed by atoms with Gasteiger partial charge in [-0.05, 0) is 59.4 Å². The molecule has 2 atom stereocenters. The molecule has 2 aliphatic heterocycles. The van der Waals surface area contributed by atoms with Gasteiger partial charge in [-0.25, -0.2) is 4.39 Å². The summed E-state index contributed by atoms with van der Waals surface area (Å²) >= 11 is 0. The van der Waals surface area contributed by atoms with E-state index in [0.29, 0.717) is 25.4 Å². The third kappa shape index (κ3) is 3.89. The van der Waals surface area contributed by atoms with Crippen LogP contribution in [0.3, 0.4) is 0 Å². The molecule has 0 radical (unpaired) electrons. The van der Waals surface area contributed by atoms with Gasteiger partial charge in [0.2, 0.25) is 0 Å². The summed E-state index contributed by atoms with van der Waals surface area (Å²) in [5, 5.41) is 9.95. The molecule has 5 rings (SSSR count). The predicted octanol–water partition coefficient (Wildman–Crippen LogP) is 5.35. The van der Waals surface area contributed by atoms with Gasteiger partial charge in [0, 0.05) is 24.9 Å². The van der Waals surface area contributed by atoms with Crippen molar-refractivity contribution >= 4 is 12.0 Å². The van der Waals surface area contributed by atoms with Gasteiger partial charge < -0.3 is 19.5 Å². The van der Waals surface area contributed by atoms with Crippen LogP contribution in [0.15, 0.2) is 66.7 Å². The van der Waals surface area contributed by atoms with Crippen molar-refractivity contribution in [3.63, 3.8) is 0 Å². The SMILES string of the molecule is O=CC1CCN(c2ccc([C@@H]3c4ccc(O)cc4CO[C@@H]3c3ccccc3)cc2F)CC1. The van der Waals surface area contributed by atoms with Crippen LogP contribution < -0.4 is 4.90 Å². The second kappa shape index (κ2) is 8.75. The predicted molar refractivity (Wildman–Crippen MR) is 121 cm³/mol. The molecule has 2 heterocycles. The Morgan fingerprint density at radius 3 is 2.47 bits per heavy atom. The van der Waals surface area contributed by atoms with Crippen LogP contribution in [-0.4, -0.2) is 24.5 Å². The first kappa shape index (κ1) is 20.7. The first-order chi connectivity index (χ1) is 15.6. The number of halogens is 1. The Labute approximate surface area is 187 Å². The second-order valence-corrected chi connectivity index (χ2v) is 8.67. The maximum absolute atomic E-state index is 15.3. The molecule has 3 aromatic carbocycles. The number of hydrogen-bond donors (Lipinski definition) is 1. The number of phenols is 1. The van der Waals surface area contributed by atoms with Gasteiger partial charge in [0.05, 0.1) is 18.4 Å². The number of piperidine rings is 1. The average Bonchev–Trinajstić information content (AvgIpc) is 2.84. The number of aromatic hydroxyl groups is 1. The van der Waals surface area contributed by atoms with Gasteiger partial charge in [0.15, 0.2) is 0 Å². The summed E-state index contributed by atoms with van der Waals surface area (Å²) in [6.07, 6.45) is 2.28. The molecule has 0 amide bonds. The number of hydrogen-bond acceptors (Lipinski definition) is 4. The van der Waals surface area contributed by atoms with Crippen LogP contribution in [0, 0.1) is 11.7 Å². The van der Waals surface area contributed by atoms with Crippen molar-refractivity contribution in [1.29, 1.82) is 0 Å². The zero-order valence-electron chi connectivity index (χ0n) is 17.8. The van der Waals surface area contributed by atoms with Crippen LogP contribution in [0.4, 0.5) is 10.1 Å². The van der Waals surface area contributed by atoms with Crippen LogP contribution in [0.25, 0.3) is 0 Å². The number of nitrogens with zero attached hydrogens (tertiary/aromatic N) is 1. The van der Waals surface area contributed by atoms with E-state index in [0.717, 1.165) is 41.4 Å². The molecule has 32 heavy (non-hydrogen) atoms. The lowest BCUT2D eigenvalue weighted by Crippen LogP contribution is -2.34. The Kier molecular flexibility index (Phi) is 5.66. The molecule has 4 nitrogen and oxygen atoms in total. The van der Waals surface area contributed by atoms with Crippen molar-refractivity contribution in [2.75, 3.05) is 18.0 Å². The first-order valence-corrected chi connectivity index (χ1v) is 11.1. The van der Waals surface area contributed by atoms with Crippen LogP contribution in [0.1, 0.15) is 47.1 Å². The van der Waals surface area contributed by atoms with E-state index in [4.69, 9.17) is 4.74 Å². The van der Waals surface area contributed by atoms with E-state index in [2.05, 4.69) is 0 Å². The Morgan fingerprint density at radius 2 is 1.75 bits per heavy atom. The number of aldehydes is 1. The fourth-order valence-corrected chi connectivity index (χ4v) is 4.99. The number of phenolic OH excluding ortho intramolecular Hbond substituents is 1. The minimum atomic E-state index is -0.259. The molecular formula is C27H26FNO3. The van der Waals surface area contributed by atoms with Gasteiger partial charge in [-0.15, -0.1) is 0 Å². The Morgan fingerprint density at radius 1 is 0.969 bits per heavy atom. The highest BCUT2D eigenvalue weighted by Crippen LogP contribution is 2.46. The molecule has 0 spiro atoms. The van der Waals surface area contributed by atoms with Gasteiger partial charge in [0.25, 0.3) is 0 Å². The third-order valence-corrected chi connectivity index (χ3v) is 6.71. The monoisotopic (exact) mass is 431 g/mol. The van der Waals surface area contributed by atoms with Crippen LogP contribution in [0.2, 0.25) is 0 Å². The molecule has 0 saturated carbocycles. The van der Waals surface area contributed by atoms with Crippen LogP contribution in [0.5, 0.6) is 5.75 Å². The van der Waals surface area contributed by atoms with Crippen LogP contribution >= 0.6 is 0 Å². The van der Waals surface area contributed by atoms with Crippen LogP contribution in [-0.2, 0) is 16.1 Å². The standard InChI is InChI=1S/C27H26FNO3/c28-24-15-20(6-9-25(24)29-12-10-18(16-30)11-13-29)26-23-8-7-22(31)14-21(23)17-32-27(26)19-4-2-1-3-5-19/h1-9,14-16,18,26-27,31H,10-13,17H2/t26-,27-/m1/s1. The molecular weight excluding hydrogens is 405 g/mol. The summed E-state index contributed by atoms with van der Waals surface area (Å²) in [7, 11) is 0. The molecule has 0 unspecified atom stereocenters. The van der Waals surface area contributed by atoms with E-state index in [-0.39, 0.29) is 29.5 Å². The fourth-order valence-electron chi connectivity index (χ4n) is 4.99. The van der Waals surface area contributed by atoms with Crippen molar-refractivity contribution in [3.05, 3.63) is 94.8 Å². The van der Waals surface area contributed by atoms with Gasteiger partial charge in [-0.1, -0.05) is 42.5 Å². The highest BCUT2D eigenvalue weighted by atomic mass is 19.1. The van der Waals surface area contributed by atoms with E-state index in [9.17, 15) is 9.90 Å². The molecule has 0 bridgehead atoms. The number of rotatable bonds is 4. The average molecular weight is 432 g/mol. The summed E-state index contributed by atoms with van der Waals surface area (Å²) in [6, 6.07) is 20.8. The van der Waals surface area contributed by atoms with Gasteiger partial charge in [-0.2, -0.15) is 0 Å². The summed E-state index contributed by atoms with van der Waals surface area (Å²) in [5.74, 6) is -0.173. The summed E-state index contributed by atoms with van der Waals surface area (Å²) in [4.78, 5) is 13.1. The molecule has 0 aliphatic carbocycles. The van der Waals surface area contributed by atoms with Crippen molar-refractivity contribution in [2.45, 2.75) is 31.5 Å². The smallest absolute Gasteiger partial charge is 0.146 e. The normalized spacial score (nSPS) is 21.2. The van der Waals surface area contributed by atoms with Crippen molar-refractivity contribution in [1.82, 2.24) is 0 Å². The minimum absolute atomic E-state index is 0.0764. The van der Waals surface area contributed by atoms with Gasteiger partial charge in [-0.3, -0.25) is 0 Å². The molecule has 1 fully saturated rings. The number of fused-ring (bicyclic) bond motifs is 1. The van der Waals surface area contributed by atoms with E-state index < -0.39 is 0 Å². The molecule has 1 N–H and O–H groups in total. The molecule has 164 valence electrons. The van der Waals surface area contributed by atoms with E-state index in [1.165, 1.54) is 0 Å². The van der Waals surface area contributed by atoms with Crippen molar-refractivity contribution in [2.24, 2.45) is 5.92 Å². The third-order valence-electron chi connectivity index (χ3n) is 6.71. The number of benzene rings is 3. The highest BCUT2D eigenvalue weighted by Gasteiger charge is 2.34. The zero-order chi connectivity index (χ0) is 22.1. The molecule has 0 aromatic heterocycles. The van der Waals surface area contributed by atoms with Crippen molar-refractivity contribution in [3.8, 4) is 5.75 Å². The lowest BCUT2D eigenvalue weighted by molar-refractivity contribution is -0.111. The Bertz CT molecular complexity index is 1110. The maximum Gasteiger partial charge on any atom is 0.146 e. The van der Waals surface area contributed by atoms with E-state index in [1.807, 2.05) is 53.4 Å². The number of carbonyl (C=O) groups excluding carboxylic acids is 1. The molecule has 3 aromatic rings. The fraction of sp³-hybridized carbons (Fsp3) is 0.296. The minimum Gasteiger partial charge on any atom is -0.508 e. The van der Waals surface area contributed by atoms with E-state index >= 15 is 4.39 Å². The Balaban J connectivity index is 1.52. The van der Waals surface area contributed by atoms with Gasteiger partial charge in [0.1, 0.15) is 17.9 Å². The van der Waals surface area contributed by atoms with Crippen molar-refractivity contribution < 1.29 is 19.0 Å². The summed E-state index contributed by atoms with van der Waals surface area (Å²) in [6.45, 7) is 1.76. The lowest BCUT2D eigenvalue weighted by Gasteiger charge is -2.35. The first-order valence-electron chi connectivity index (χ1n) is 11.1. The zero-order valence-corrected chi connectivity index (χ0v) is 17.8. The summed E-state index contributed by atoms with van der Waals surface area (Å²) in [5.41, 5.74) is 4.42. The van der Waals surface area contributed by atoms with E-state index in [1.54, 1.807) is 18.2 Å². The largest absolute Gasteiger partial charge is 0.508 e. The highest BCUT2D eigenvalue weighted by molar-refractivity contribution is 5.56. The number of anilines is 1. The Hall–Kier alpha value is -3.18. The quantitative estimate of drug-likeness (QED) is 0.566. The number of ether oxygens (including phenoxy) is 1. The topological polar surface area (TPSA) is 49.8 Å². The molecule has 2 aliphatic rings. The second-order valence-electron chi connectivity index (χ2n) is 8.67. The maximum atomic E-state index is 15.3. The molecule has 1 saturated heterocycles. The number of carbonyl (C=O) groups is 1.